The first kappa shape index (κ1) is 19.8. The normalized spacial score (nSPS) is 12.3. The summed E-state index contributed by atoms with van der Waals surface area (Å²) in [5.41, 5.74) is 0. The molecule has 0 aromatic heterocycles. The molecule has 0 heterocycles. The van der Waals surface area contributed by atoms with Crippen molar-refractivity contribution in [2.75, 3.05) is 54.1 Å². The van der Waals surface area contributed by atoms with E-state index in [0.29, 0.717) is 26.3 Å². The highest BCUT2D eigenvalue weighted by molar-refractivity contribution is 5.86. The van der Waals surface area contributed by atoms with Crippen LogP contribution in [0.4, 0.5) is 0 Å². The second-order valence-corrected chi connectivity index (χ2v) is 5.24. The van der Waals surface area contributed by atoms with Crippen LogP contribution in [0.3, 0.4) is 0 Å². The lowest BCUT2D eigenvalue weighted by Crippen LogP contribution is -2.51. The van der Waals surface area contributed by atoms with Gasteiger partial charge in [-0.25, -0.2) is 0 Å². The Labute approximate surface area is 127 Å². The molecule has 0 spiro atoms. The van der Waals surface area contributed by atoms with E-state index in [0.717, 1.165) is 12.8 Å². The minimum atomic E-state index is -0.483. The molecule has 0 saturated heterocycles. The summed E-state index contributed by atoms with van der Waals surface area (Å²) in [7, 11) is 5.37. The zero-order valence-corrected chi connectivity index (χ0v) is 13.6. The predicted molar refractivity (Wildman–Crippen MR) is 80.9 cm³/mol. The zero-order valence-electron chi connectivity index (χ0n) is 13.6. The third-order valence-electron chi connectivity index (χ3n) is 3.06. The van der Waals surface area contributed by atoms with Gasteiger partial charge < -0.3 is 25.0 Å². The van der Waals surface area contributed by atoms with Crippen LogP contribution in [0.15, 0.2) is 0 Å². The van der Waals surface area contributed by atoms with Crippen molar-refractivity contribution >= 4 is 11.8 Å². The molecule has 7 heteroatoms. The number of amides is 2. The third-order valence-corrected chi connectivity index (χ3v) is 3.06. The standard InChI is InChI=1S/C14H29N3O4/c1-12(19)17(4)13(11-16(2)3)14(20)15-7-5-6-9-21-10-8-18/h13,18H,5-11H2,1-4H3,(H,15,20). The number of carbonyl (C=O) groups is 2. The van der Waals surface area contributed by atoms with Gasteiger partial charge in [0.15, 0.2) is 0 Å². The molecule has 1 unspecified atom stereocenters. The Morgan fingerprint density at radius 2 is 1.86 bits per heavy atom. The molecule has 2 N–H and O–H groups in total. The number of aliphatic hydroxyl groups excluding tert-OH is 1. The molecule has 0 bridgehead atoms. The first-order chi connectivity index (χ1) is 9.90. The van der Waals surface area contributed by atoms with Gasteiger partial charge in [-0.2, -0.15) is 0 Å². The number of likely N-dealkylation sites (N-methyl/N-ethyl adjacent to an activating group) is 2. The molecule has 1 atom stereocenters. The lowest BCUT2D eigenvalue weighted by atomic mass is 10.2. The molecular weight excluding hydrogens is 274 g/mol. The van der Waals surface area contributed by atoms with Gasteiger partial charge in [-0.15, -0.1) is 0 Å². The second-order valence-electron chi connectivity index (χ2n) is 5.24. The Kier molecular flexibility index (Phi) is 10.8. The molecular formula is C14H29N3O4. The number of rotatable bonds is 11. The predicted octanol–water partition coefficient (Wildman–Crippen LogP) is -0.700. The molecule has 0 aliphatic carbocycles. The van der Waals surface area contributed by atoms with Gasteiger partial charge in [0.1, 0.15) is 6.04 Å². The number of aliphatic hydroxyl groups is 1. The van der Waals surface area contributed by atoms with E-state index >= 15 is 0 Å². The first-order valence-corrected chi connectivity index (χ1v) is 7.24. The van der Waals surface area contributed by atoms with Crippen molar-refractivity contribution < 1.29 is 19.4 Å². The zero-order chi connectivity index (χ0) is 16.3. The van der Waals surface area contributed by atoms with E-state index in [1.165, 1.54) is 11.8 Å². The lowest BCUT2D eigenvalue weighted by Gasteiger charge is -2.28. The summed E-state index contributed by atoms with van der Waals surface area (Å²) in [6.07, 6.45) is 1.62. The number of hydrogen-bond donors (Lipinski definition) is 2. The summed E-state index contributed by atoms with van der Waals surface area (Å²) in [4.78, 5) is 26.9. The van der Waals surface area contributed by atoms with E-state index in [1.54, 1.807) is 7.05 Å². The molecule has 7 nitrogen and oxygen atoms in total. The summed E-state index contributed by atoms with van der Waals surface area (Å²) >= 11 is 0. The van der Waals surface area contributed by atoms with Gasteiger partial charge in [-0.3, -0.25) is 9.59 Å². The Morgan fingerprint density at radius 3 is 2.38 bits per heavy atom. The molecule has 21 heavy (non-hydrogen) atoms. The topological polar surface area (TPSA) is 82.1 Å². The van der Waals surface area contributed by atoms with E-state index in [2.05, 4.69) is 5.32 Å². The van der Waals surface area contributed by atoms with Gasteiger partial charge in [-0.1, -0.05) is 0 Å². The lowest BCUT2D eigenvalue weighted by molar-refractivity contribution is -0.137. The van der Waals surface area contributed by atoms with E-state index in [4.69, 9.17) is 9.84 Å². The molecule has 2 amide bonds. The van der Waals surface area contributed by atoms with Crippen molar-refractivity contribution in [1.29, 1.82) is 0 Å². The molecule has 0 aromatic carbocycles. The van der Waals surface area contributed by atoms with Gasteiger partial charge in [0.05, 0.1) is 13.2 Å². The average Bonchev–Trinajstić information content (AvgIpc) is 2.42. The quantitative estimate of drug-likeness (QED) is 0.493. The Balaban J connectivity index is 4.08. The summed E-state index contributed by atoms with van der Waals surface area (Å²) < 4.78 is 5.14. The largest absolute Gasteiger partial charge is 0.394 e. The van der Waals surface area contributed by atoms with Crippen molar-refractivity contribution in [2.45, 2.75) is 25.8 Å². The number of unbranched alkanes of at least 4 members (excludes halogenated alkanes) is 1. The van der Waals surface area contributed by atoms with Crippen molar-refractivity contribution in [3.8, 4) is 0 Å². The highest BCUT2D eigenvalue weighted by Crippen LogP contribution is 2.00. The number of ether oxygens (including phenoxy) is 1. The van der Waals surface area contributed by atoms with Gasteiger partial charge in [0.25, 0.3) is 0 Å². The Morgan fingerprint density at radius 1 is 1.19 bits per heavy atom. The Bertz CT molecular complexity index is 311. The van der Waals surface area contributed by atoms with Crippen LogP contribution < -0.4 is 5.32 Å². The maximum atomic E-state index is 12.2. The maximum absolute atomic E-state index is 12.2. The molecule has 0 aromatic rings. The van der Waals surface area contributed by atoms with Crippen LogP contribution in [-0.4, -0.2) is 86.8 Å². The van der Waals surface area contributed by atoms with E-state index in [9.17, 15) is 9.59 Å². The highest BCUT2D eigenvalue weighted by atomic mass is 16.5. The van der Waals surface area contributed by atoms with Crippen molar-refractivity contribution in [2.24, 2.45) is 0 Å². The highest BCUT2D eigenvalue weighted by Gasteiger charge is 2.25. The molecule has 0 aliphatic heterocycles. The van der Waals surface area contributed by atoms with Crippen LogP contribution in [0.1, 0.15) is 19.8 Å². The van der Waals surface area contributed by atoms with E-state index < -0.39 is 6.04 Å². The van der Waals surface area contributed by atoms with Gasteiger partial charge >= 0.3 is 0 Å². The van der Waals surface area contributed by atoms with Crippen LogP contribution in [0.5, 0.6) is 0 Å². The van der Waals surface area contributed by atoms with Crippen molar-refractivity contribution in [1.82, 2.24) is 15.1 Å². The summed E-state index contributed by atoms with van der Waals surface area (Å²) in [6.45, 7) is 3.44. The smallest absolute Gasteiger partial charge is 0.244 e. The van der Waals surface area contributed by atoms with Crippen LogP contribution in [0.25, 0.3) is 0 Å². The minimum Gasteiger partial charge on any atom is -0.394 e. The van der Waals surface area contributed by atoms with E-state index in [-0.39, 0.29) is 18.4 Å². The maximum Gasteiger partial charge on any atom is 0.244 e. The number of nitrogens with zero attached hydrogens (tertiary/aromatic N) is 2. The van der Waals surface area contributed by atoms with Crippen LogP contribution in [0.2, 0.25) is 0 Å². The summed E-state index contributed by atoms with van der Waals surface area (Å²) in [6, 6.07) is -0.483. The van der Waals surface area contributed by atoms with Crippen LogP contribution in [-0.2, 0) is 14.3 Å². The molecule has 0 aliphatic rings. The Hall–Kier alpha value is -1.18. The molecule has 124 valence electrons. The fourth-order valence-electron chi connectivity index (χ4n) is 1.77. The van der Waals surface area contributed by atoms with Gasteiger partial charge in [-0.05, 0) is 26.9 Å². The van der Waals surface area contributed by atoms with Crippen LogP contribution >= 0.6 is 0 Å². The fourth-order valence-corrected chi connectivity index (χ4v) is 1.77. The van der Waals surface area contributed by atoms with Gasteiger partial charge in [0.2, 0.25) is 11.8 Å². The number of nitrogens with one attached hydrogen (secondary N) is 1. The second kappa shape index (κ2) is 11.5. The number of carbonyl (C=O) groups excluding carboxylic acids is 2. The summed E-state index contributed by atoms with van der Waals surface area (Å²) in [5, 5.41) is 11.4. The first-order valence-electron chi connectivity index (χ1n) is 7.24. The fraction of sp³-hybridized carbons (Fsp3) is 0.857. The van der Waals surface area contributed by atoms with Gasteiger partial charge in [0, 0.05) is 33.7 Å². The molecule has 0 saturated carbocycles. The monoisotopic (exact) mass is 303 g/mol. The number of hydrogen-bond acceptors (Lipinski definition) is 5. The molecule has 0 fully saturated rings. The van der Waals surface area contributed by atoms with Crippen molar-refractivity contribution in [3.05, 3.63) is 0 Å². The molecule has 0 rings (SSSR count). The van der Waals surface area contributed by atoms with Crippen LogP contribution in [0, 0.1) is 0 Å². The van der Waals surface area contributed by atoms with Crippen molar-refractivity contribution in [3.63, 3.8) is 0 Å². The third kappa shape index (κ3) is 9.38. The SMILES string of the molecule is CC(=O)N(C)C(CN(C)C)C(=O)NCCCCOCCO. The molecule has 0 radical (unpaired) electrons. The minimum absolute atomic E-state index is 0.0281. The van der Waals surface area contributed by atoms with E-state index in [1.807, 2.05) is 19.0 Å². The summed E-state index contributed by atoms with van der Waals surface area (Å²) in [5.74, 6) is -0.271. The average molecular weight is 303 g/mol.